The highest BCUT2D eigenvalue weighted by Gasteiger charge is 2.25. The molecule has 0 saturated carbocycles. The molecule has 1 atom stereocenters. The molecule has 1 unspecified atom stereocenters. The Morgan fingerprint density at radius 3 is 2.47 bits per heavy atom. The van der Waals surface area contributed by atoms with Crippen LogP contribution in [-0.2, 0) is 14.4 Å². The number of amides is 3. The highest BCUT2D eigenvalue weighted by Crippen LogP contribution is 2.36. The lowest BCUT2D eigenvalue weighted by Crippen LogP contribution is -2.39. The van der Waals surface area contributed by atoms with Crippen molar-refractivity contribution >= 4 is 30.1 Å². The van der Waals surface area contributed by atoms with Crippen LogP contribution < -0.4 is 20.4 Å². The minimum atomic E-state index is -0.331. The van der Waals surface area contributed by atoms with Gasteiger partial charge in [-0.3, -0.25) is 19.7 Å². The van der Waals surface area contributed by atoms with Gasteiger partial charge in [-0.1, -0.05) is 6.07 Å². The average molecular weight is 472 g/mol. The second kappa shape index (κ2) is 12.9. The van der Waals surface area contributed by atoms with Gasteiger partial charge in [-0.15, -0.1) is 0 Å². The molecule has 2 fully saturated rings. The summed E-state index contributed by atoms with van der Waals surface area (Å²) in [5, 5.41) is 5.61. The molecule has 188 valence electrons. The molecule has 2 aliphatic rings. The fourth-order valence-electron chi connectivity index (χ4n) is 5.26. The predicted octanol–water partition coefficient (Wildman–Crippen LogP) is 2.34. The van der Waals surface area contributed by atoms with Gasteiger partial charge in [0, 0.05) is 33.1 Å². The smallest absolute Gasteiger partial charge is 0.226 e. The van der Waals surface area contributed by atoms with Crippen LogP contribution >= 0.6 is 0 Å². The summed E-state index contributed by atoms with van der Waals surface area (Å²) in [5.74, 6) is 1.03. The third kappa shape index (κ3) is 7.03. The molecule has 8 nitrogen and oxygen atoms in total. The maximum absolute atomic E-state index is 12.0. The largest absolute Gasteiger partial charge is 0.376 e. The number of carbonyl (C=O) groups excluding carboxylic acids is 3. The number of benzene rings is 1. The van der Waals surface area contributed by atoms with Crippen molar-refractivity contribution < 1.29 is 14.4 Å². The van der Waals surface area contributed by atoms with Gasteiger partial charge in [-0.25, -0.2) is 0 Å². The van der Waals surface area contributed by atoms with E-state index in [0.29, 0.717) is 18.7 Å². The van der Waals surface area contributed by atoms with Crippen LogP contribution in [0.15, 0.2) is 18.2 Å². The van der Waals surface area contributed by atoms with Crippen molar-refractivity contribution in [1.29, 1.82) is 0 Å². The Kier molecular flexibility index (Phi) is 9.89. The number of nitrogens with zero attached hydrogens (tertiary/aromatic N) is 3. The van der Waals surface area contributed by atoms with E-state index in [0.717, 1.165) is 62.7 Å². The Bertz CT molecular complexity index is 817. The Labute approximate surface area is 204 Å². The second-order valence-electron chi connectivity index (χ2n) is 10.00. The maximum atomic E-state index is 12.0. The fourth-order valence-corrected chi connectivity index (χ4v) is 5.26. The van der Waals surface area contributed by atoms with Gasteiger partial charge in [0.2, 0.25) is 18.7 Å². The zero-order valence-electron chi connectivity index (χ0n) is 21.0. The van der Waals surface area contributed by atoms with E-state index in [1.807, 2.05) is 32.0 Å². The van der Waals surface area contributed by atoms with E-state index in [4.69, 9.17) is 0 Å². The van der Waals surface area contributed by atoms with Crippen molar-refractivity contribution in [2.75, 3.05) is 56.6 Å². The predicted molar refractivity (Wildman–Crippen MR) is 136 cm³/mol. The van der Waals surface area contributed by atoms with Gasteiger partial charge in [0.15, 0.2) is 0 Å². The van der Waals surface area contributed by atoms with E-state index >= 15 is 0 Å². The zero-order chi connectivity index (χ0) is 24.5. The molecule has 2 N–H and O–H groups in total. The average Bonchev–Trinajstić information content (AvgIpc) is 2.84. The van der Waals surface area contributed by atoms with Crippen LogP contribution in [-0.4, -0.2) is 76.5 Å². The molecule has 2 saturated heterocycles. The summed E-state index contributed by atoms with van der Waals surface area (Å²) in [6.45, 7) is 7.76. The third-order valence-corrected chi connectivity index (χ3v) is 7.39. The molecule has 0 spiro atoms. The van der Waals surface area contributed by atoms with Crippen molar-refractivity contribution in [3.63, 3.8) is 0 Å². The Morgan fingerprint density at radius 1 is 1.15 bits per heavy atom. The van der Waals surface area contributed by atoms with E-state index < -0.39 is 0 Å². The molecule has 3 rings (SSSR count). The van der Waals surface area contributed by atoms with Crippen LogP contribution in [0.2, 0.25) is 0 Å². The van der Waals surface area contributed by atoms with E-state index in [9.17, 15) is 14.4 Å². The monoisotopic (exact) mass is 471 g/mol. The summed E-state index contributed by atoms with van der Waals surface area (Å²) in [7, 11) is 3.99. The number of rotatable bonds is 11. The van der Waals surface area contributed by atoms with Gasteiger partial charge in [-0.05, 0) is 94.7 Å². The van der Waals surface area contributed by atoms with Gasteiger partial charge in [0.05, 0.1) is 11.4 Å². The van der Waals surface area contributed by atoms with Crippen LogP contribution in [0.4, 0.5) is 11.4 Å². The quantitative estimate of drug-likeness (QED) is 0.482. The molecule has 0 radical (unpaired) electrons. The lowest BCUT2D eigenvalue weighted by molar-refractivity contribution is -0.125. The minimum absolute atomic E-state index is 0.169. The standard InChI is InChI=1S/C26H41N5O3/c1-20(4-7-26(34)28-18-32)31(19-33)24-6-5-23(16-25(24)29(2)3)22-10-14-30(15-11-22)17-21-8-12-27-13-9-21/h5-6,16,18-22,27H,4,7-15,17H2,1-3H3,(H,28,32,34). The van der Waals surface area contributed by atoms with Crippen LogP contribution in [0, 0.1) is 5.92 Å². The highest BCUT2D eigenvalue weighted by molar-refractivity contribution is 5.87. The maximum Gasteiger partial charge on any atom is 0.226 e. The molecule has 0 aromatic heterocycles. The van der Waals surface area contributed by atoms with Crippen molar-refractivity contribution in [3.05, 3.63) is 23.8 Å². The van der Waals surface area contributed by atoms with Crippen molar-refractivity contribution in [2.24, 2.45) is 5.92 Å². The highest BCUT2D eigenvalue weighted by atomic mass is 16.2. The number of hydrogen-bond donors (Lipinski definition) is 2. The Balaban J connectivity index is 1.64. The van der Waals surface area contributed by atoms with Crippen molar-refractivity contribution in [2.45, 2.75) is 57.4 Å². The second-order valence-corrected chi connectivity index (χ2v) is 10.00. The van der Waals surface area contributed by atoms with Crippen LogP contribution in [0.25, 0.3) is 0 Å². The fraction of sp³-hybridized carbons (Fsp3) is 0.654. The van der Waals surface area contributed by atoms with Gasteiger partial charge >= 0.3 is 0 Å². The molecule has 34 heavy (non-hydrogen) atoms. The zero-order valence-corrected chi connectivity index (χ0v) is 21.0. The molecule has 2 aliphatic heterocycles. The number of imide groups is 1. The minimum Gasteiger partial charge on any atom is -0.376 e. The molecular weight excluding hydrogens is 430 g/mol. The van der Waals surface area contributed by atoms with E-state index in [2.05, 4.69) is 27.7 Å². The van der Waals surface area contributed by atoms with Crippen LogP contribution in [0.5, 0.6) is 0 Å². The Hall–Kier alpha value is -2.45. The number of nitrogens with one attached hydrogen (secondary N) is 2. The first-order valence-corrected chi connectivity index (χ1v) is 12.6. The lowest BCUT2D eigenvalue weighted by atomic mass is 9.87. The summed E-state index contributed by atoms with van der Waals surface area (Å²) in [6, 6.07) is 6.27. The molecule has 0 aliphatic carbocycles. The Morgan fingerprint density at radius 2 is 1.85 bits per heavy atom. The molecular formula is C26H41N5O3. The SMILES string of the molecule is CC(CCC(=O)NC=O)N(C=O)c1ccc(C2CCN(CC3CCNCC3)CC2)cc1N(C)C. The topological polar surface area (TPSA) is 85.0 Å². The number of likely N-dealkylation sites (tertiary alicyclic amines) is 1. The van der Waals surface area contributed by atoms with E-state index in [1.54, 1.807) is 4.90 Å². The van der Waals surface area contributed by atoms with Crippen molar-refractivity contribution in [1.82, 2.24) is 15.5 Å². The third-order valence-electron chi connectivity index (χ3n) is 7.39. The van der Waals surface area contributed by atoms with Crippen LogP contribution in [0.3, 0.4) is 0 Å². The first-order valence-electron chi connectivity index (χ1n) is 12.6. The van der Waals surface area contributed by atoms with E-state index in [-0.39, 0.29) is 18.4 Å². The molecule has 2 heterocycles. The first-order chi connectivity index (χ1) is 16.4. The molecule has 3 amide bonds. The van der Waals surface area contributed by atoms with Gasteiger partial charge < -0.3 is 20.0 Å². The van der Waals surface area contributed by atoms with Gasteiger partial charge in [0.1, 0.15) is 0 Å². The molecule has 8 heteroatoms. The number of anilines is 2. The van der Waals surface area contributed by atoms with Crippen LogP contribution in [0.1, 0.15) is 56.9 Å². The first kappa shape index (κ1) is 26.2. The van der Waals surface area contributed by atoms with Gasteiger partial charge in [0.25, 0.3) is 0 Å². The summed E-state index contributed by atoms with van der Waals surface area (Å²) >= 11 is 0. The van der Waals surface area contributed by atoms with Crippen molar-refractivity contribution in [3.8, 4) is 0 Å². The lowest BCUT2D eigenvalue weighted by Gasteiger charge is -2.36. The number of piperidine rings is 2. The summed E-state index contributed by atoms with van der Waals surface area (Å²) in [5.41, 5.74) is 3.18. The molecule has 0 bridgehead atoms. The normalized spacial score (nSPS) is 18.8. The summed E-state index contributed by atoms with van der Waals surface area (Å²) in [6.07, 6.45) is 6.81. The number of hydrogen-bond acceptors (Lipinski definition) is 6. The molecule has 1 aromatic carbocycles. The summed E-state index contributed by atoms with van der Waals surface area (Å²) in [4.78, 5) is 40.5. The summed E-state index contributed by atoms with van der Waals surface area (Å²) < 4.78 is 0. The number of carbonyl (C=O) groups is 3. The molecule has 1 aromatic rings. The van der Waals surface area contributed by atoms with Gasteiger partial charge in [-0.2, -0.15) is 0 Å². The van der Waals surface area contributed by atoms with E-state index in [1.165, 1.54) is 24.9 Å².